The number of rotatable bonds is 4. The fourth-order valence-electron chi connectivity index (χ4n) is 1.88. The maximum Gasteiger partial charge on any atom is 0.251 e. The number of hydrogen-bond donors (Lipinski definition) is 2. The number of aryl methyl sites for hydroxylation is 2. The highest BCUT2D eigenvalue weighted by atomic mass is 16.1. The highest BCUT2D eigenvalue weighted by Gasteiger charge is 2.09. The van der Waals surface area contributed by atoms with Crippen LogP contribution in [0.5, 0.6) is 0 Å². The fraction of sp³-hybridized carbons (Fsp3) is 0.267. The van der Waals surface area contributed by atoms with Crippen molar-refractivity contribution in [3.63, 3.8) is 0 Å². The van der Waals surface area contributed by atoms with Crippen LogP contribution in [-0.2, 0) is 13.0 Å². The van der Waals surface area contributed by atoms with Crippen LogP contribution in [-0.4, -0.2) is 15.9 Å². The summed E-state index contributed by atoms with van der Waals surface area (Å²) in [7, 11) is 0. The van der Waals surface area contributed by atoms with Crippen molar-refractivity contribution in [1.29, 1.82) is 0 Å². The molecule has 2 heterocycles. The molecule has 0 bridgehead atoms. The number of nitrogens with zero attached hydrogens (tertiary/aromatic N) is 2. The zero-order valence-electron chi connectivity index (χ0n) is 11.7. The summed E-state index contributed by atoms with van der Waals surface area (Å²) in [6, 6.07) is 5.27. The van der Waals surface area contributed by atoms with Crippen molar-refractivity contribution in [2.45, 2.75) is 26.8 Å². The van der Waals surface area contributed by atoms with E-state index < -0.39 is 0 Å². The molecule has 1 amide bonds. The van der Waals surface area contributed by atoms with Crippen LogP contribution in [0.3, 0.4) is 0 Å². The van der Waals surface area contributed by atoms with Crippen molar-refractivity contribution in [2.24, 2.45) is 0 Å². The molecule has 0 unspecified atom stereocenters. The van der Waals surface area contributed by atoms with Crippen LogP contribution in [0.2, 0.25) is 0 Å². The van der Waals surface area contributed by atoms with Gasteiger partial charge in [0.05, 0.1) is 0 Å². The lowest BCUT2D eigenvalue weighted by Crippen LogP contribution is -2.23. The minimum atomic E-state index is -0.156. The molecule has 3 N–H and O–H groups in total. The fourth-order valence-corrected chi connectivity index (χ4v) is 1.88. The smallest absolute Gasteiger partial charge is 0.251 e. The average Bonchev–Trinajstić information content (AvgIpc) is 2.45. The molecule has 0 saturated carbocycles. The predicted molar refractivity (Wildman–Crippen MR) is 78.2 cm³/mol. The van der Waals surface area contributed by atoms with Crippen molar-refractivity contribution in [3.05, 3.63) is 53.0 Å². The Balaban J connectivity index is 2.09. The number of hydrogen-bond acceptors (Lipinski definition) is 4. The molecule has 2 aromatic rings. The zero-order valence-corrected chi connectivity index (χ0v) is 11.7. The third kappa shape index (κ3) is 3.32. The summed E-state index contributed by atoms with van der Waals surface area (Å²) in [6.45, 7) is 4.41. The minimum absolute atomic E-state index is 0.156. The van der Waals surface area contributed by atoms with Gasteiger partial charge < -0.3 is 11.1 Å². The Morgan fingerprint density at radius 2 is 2.20 bits per heavy atom. The summed E-state index contributed by atoms with van der Waals surface area (Å²) in [5.41, 5.74) is 9.15. The van der Waals surface area contributed by atoms with E-state index in [1.165, 1.54) is 0 Å². The second-order valence-corrected chi connectivity index (χ2v) is 4.61. The number of nitrogens with two attached hydrogens (primary N) is 1. The first kappa shape index (κ1) is 14.0. The Bertz CT molecular complexity index is 625. The molecule has 104 valence electrons. The molecule has 0 aliphatic rings. The highest BCUT2D eigenvalue weighted by molar-refractivity contribution is 5.94. The monoisotopic (exact) mass is 270 g/mol. The first-order valence-corrected chi connectivity index (χ1v) is 6.54. The highest BCUT2D eigenvalue weighted by Crippen LogP contribution is 2.09. The molecule has 0 aliphatic carbocycles. The van der Waals surface area contributed by atoms with Gasteiger partial charge >= 0.3 is 0 Å². The SMILES string of the molecule is CCc1cc(C(=O)NCc2cnccc2C)cc(N)n1. The Morgan fingerprint density at radius 1 is 1.40 bits per heavy atom. The van der Waals surface area contributed by atoms with E-state index >= 15 is 0 Å². The van der Waals surface area contributed by atoms with Crippen LogP contribution in [0.15, 0.2) is 30.6 Å². The molecule has 0 aromatic carbocycles. The van der Waals surface area contributed by atoms with Gasteiger partial charge in [0, 0.05) is 30.2 Å². The molecule has 5 nitrogen and oxygen atoms in total. The van der Waals surface area contributed by atoms with E-state index in [1.54, 1.807) is 24.5 Å². The van der Waals surface area contributed by atoms with Crippen molar-refractivity contribution in [2.75, 3.05) is 5.73 Å². The van der Waals surface area contributed by atoms with Crippen molar-refractivity contribution >= 4 is 11.7 Å². The molecule has 0 atom stereocenters. The van der Waals surface area contributed by atoms with Crippen LogP contribution >= 0.6 is 0 Å². The van der Waals surface area contributed by atoms with Crippen LogP contribution < -0.4 is 11.1 Å². The first-order valence-electron chi connectivity index (χ1n) is 6.54. The number of anilines is 1. The lowest BCUT2D eigenvalue weighted by molar-refractivity contribution is 0.0950. The molecule has 20 heavy (non-hydrogen) atoms. The number of pyridine rings is 2. The van der Waals surface area contributed by atoms with Crippen molar-refractivity contribution in [3.8, 4) is 0 Å². The van der Waals surface area contributed by atoms with Gasteiger partial charge in [0.25, 0.3) is 5.91 Å². The van der Waals surface area contributed by atoms with Gasteiger partial charge in [-0.2, -0.15) is 0 Å². The van der Waals surface area contributed by atoms with Crippen LogP contribution in [0, 0.1) is 6.92 Å². The summed E-state index contributed by atoms with van der Waals surface area (Å²) in [5, 5.41) is 2.87. The van der Waals surface area contributed by atoms with E-state index in [9.17, 15) is 4.79 Å². The number of carbonyl (C=O) groups excluding carboxylic acids is 1. The summed E-state index contributed by atoms with van der Waals surface area (Å²) in [4.78, 5) is 20.3. The topological polar surface area (TPSA) is 80.9 Å². The second kappa shape index (κ2) is 6.14. The van der Waals surface area contributed by atoms with Gasteiger partial charge in [-0.05, 0) is 42.7 Å². The third-order valence-corrected chi connectivity index (χ3v) is 3.11. The van der Waals surface area contributed by atoms with Crippen LogP contribution in [0.25, 0.3) is 0 Å². The molecule has 0 saturated heterocycles. The van der Waals surface area contributed by atoms with Gasteiger partial charge in [0.2, 0.25) is 0 Å². The van der Waals surface area contributed by atoms with E-state index in [1.807, 2.05) is 19.9 Å². The summed E-state index contributed by atoms with van der Waals surface area (Å²) < 4.78 is 0. The predicted octanol–water partition coefficient (Wildman–Crippen LogP) is 1.86. The zero-order chi connectivity index (χ0) is 14.5. The number of nitrogens with one attached hydrogen (secondary N) is 1. The number of nitrogen functional groups attached to an aromatic ring is 1. The Hall–Kier alpha value is -2.43. The third-order valence-electron chi connectivity index (χ3n) is 3.11. The largest absolute Gasteiger partial charge is 0.384 e. The molecule has 0 radical (unpaired) electrons. The number of amides is 1. The van der Waals surface area contributed by atoms with Crippen molar-refractivity contribution < 1.29 is 4.79 Å². The van der Waals surface area contributed by atoms with Gasteiger partial charge in [0.1, 0.15) is 5.82 Å². The normalized spacial score (nSPS) is 10.3. The summed E-state index contributed by atoms with van der Waals surface area (Å²) in [5.74, 6) is 0.212. The van der Waals surface area contributed by atoms with Gasteiger partial charge in [-0.25, -0.2) is 4.98 Å². The molecule has 2 aromatic heterocycles. The summed E-state index contributed by atoms with van der Waals surface area (Å²) >= 11 is 0. The molecular weight excluding hydrogens is 252 g/mol. The lowest BCUT2D eigenvalue weighted by Gasteiger charge is -2.08. The van der Waals surface area contributed by atoms with Gasteiger partial charge in [-0.15, -0.1) is 0 Å². The van der Waals surface area contributed by atoms with E-state index in [0.717, 1.165) is 23.2 Å². The Labute approximate surface area is 118 Å². The van der Waals surface area contributed by atoms with Crippen molar-refractivity contribution in [1.82, 2.24) is 15.3 Å². The van der Waals surface area contributed by atoms with E-state index in [2.05, 4.69) is 15.3 Å². The van der Waals surface area contributed by atoms with E-state index in [-0.39, 0.29) is 5.91 Å². The minimum Gasteiger partial charge on any atom is -0.384 e. The van der Waals surface area contributed by atoms with E-state index in [0.29, 0.717) is 17.9 Å². The molecule has 5 heteroatoms. The maximum absolute atomic E-state index is 12.1. The second-order valence-electron chi connectivity index (χ2n) is 4.61. The van der Waals surface area contributed by atoms with Crippen LogP contribution in [0.1, 0.15) is 34.1 Å². The number of aromatic nitrogens is 2. The number of carbonyl (C=O) groups is 1. The molecule has 2 rings (SSSR count). The quantitative estimate of drug-likeness (QED) is 0.888. The van der Waals surface area contributed by atoms with Crippen LogP contribution in [0.4, 0.5) is 5.82 Å². The first-order chi connectivity index (χ1) is 9.60. The Kier molecular flexibility index (Phi) is 4.30. The van der Waals surface area contributed by atoms with E-state index in [4.69, 9.17) is 5.73 Å². The standard InChI is InChI=1S/C15H18N4O/c1-3-13-6-11(7-14(16)19-13)15(20)18-9-12-8-17-5-4-10(12)2/h4-8H,3,9H2,1-2H3,(H2,16,19)(H,18,20). The summed E-state index contributed by atoms with van der Waals surface area (Å²) in [6.07, 6.45) is 4.23. The molecular formula is C15H18N4O. The van der Waals surface area contributed by atoms with Gasteiger partial charge in [-0.3, -0.25) is 9.78 Å². The molecule has 0 aliphatic heterocycles. The van der Waals surface area contributed by atoms with Gasteiger partial charge in [-0.1, -0.05) is 6.92 Å². The van der Waals surface area contributed by atoms with Gasteiger partial charge in [0.15, 0.2) is 0 Å². The maximum atomic E-state index is 12.1. The Morgan fingerprint density at radius 3 is 2.90 bits per heavy atom. The average molecular weight is 270 g/mol. The molecule has 0 spiro atoms. The lowest BCUT2D eigenvalue weighted by atomic mass is 10.1. The molecule has 0 fully saturated rings.